The molecular formula is C28H32N4OS. The Bertz CT molecular complexity index is 1260. The van der Waals surface area contributed by atoms with Gasteiger partial charge in [0, 0.05) is 13.6 Å². The Morgan fingerprint density at radius 3 is 2.29 bits per heavy atom. The molecule has 0 aliphatic carbocycles. The van der Waals surface area contributed by atoms with Crippen molar-refractivity contribution in [1.82, 2.24) is 14.7 Å². The van der Waals surface area contributed by atoms with Crippen LogP contribution >= 0.6 is 0 Å². The molecule has 0 bridgehead atoms. The van der Waals surface area contributed by atoms with Gasteiger partial charge in [-0.3, -0.25) is 9.40 Å². The molecule has 4 aromatic rings. The number of anilines is 1. The Morgan fingerprint density at radius 1 is 0.882 bits per heavy atom. The fourth-order valence-electron chi connectivity index (χ4n) is 4.03. The number of hydrogen-bond donors (Lipinski definition) is 1. The largest absolute Gasteiger partial charge is 0.305 e. The van der Waals surface area contributed by atoms with Crippen LogP contribution in [0, 0.1) is 6.92 Å². The predicted octanol–water partition coefficient (Wildman–Crippen LogP) is 5.38. The van der Waals surface area contributed by atoms with E-state index < -0.39 is 11.0 Å². The van der Waals surface area contributed by atoms with Crippen molar-refractivity contribution >= 4 is 16.7 Å². The highest BCUT2D eigenvalue weighted by Gasteiger charge is 2.16. The molecular weight excluding hydrogens is 440 g/mol. The number of benzene rings is 3. The van der Waals surface area contributed by atoms with Crippen LogP contribution in [0.3, 0.4) is 0 Å². The molecule has 6 heteroatoms. The van der Waals surface area contributed by atoms with E-state index in [0.29, 0.717) is 0 Å². The number of aryl methyl sites for hydroxylation is 3. The van der Waals surface area contributed by atoms with Crippen molar-refractivity contribution in [3.8, 4) is 11.1 Å². The molecule has 1 aromatic heterocycles. The lowest BCUT2D eigenvalue weighted by atomic mass is 10.0. The van der Waals surface area contributed by atoms with Gasteiger partial charge in [0.25, 0.3) is 0 Å². The molecule has 0 saturated carbocycles. The lowest BCUT2D eigenvalue weighted by Gasteiger charge is -2.12. The van der Waals surface area contributed by atoms with E-state index in [1.165, 1.54) is 11.1 Å². The molecule has 0 aliphatic rings. The third-order valence-corrected chi connectivity index (χ3v) is 7.01. The van der Waals surface area contributed by atoms with Gasteiger partial charge in [0.1, 0.15) is 11.0 Å². The second-order valence-corrected chi connectivity index (χ2v) is 10.1. The molecule has 1 atom stereocenters. The summed E-state index contributed by atoms with van der Waals surface area (Å²) < 4.78 is 18.3. The third kappa shape index (κ3) is 5.82. The van der Waals surface area contributed by atoms with Crippen molar-refractivity contribution in [2.45, 2.75) is 31.2 Å². The highest BCUT2D eigenvalue weighted by Crippen LogP contribution is 2.26. The molecule has 0 aliphatic heterocycles. The normalized spacial score (nSPS) is 12.1. The molecule has 0 amide bonds. The minimum Gasteiger partial charge on any atom is -0.305 e. The van der Waals surface area contributed by atoms with Gasteiger partial charge in [-0.15, -0.1) is 0 Å². The van der Waals surface area contributed by atoms with E-state index in [2.05, 4.69) is 77.3 Å². The van der Waals surface area contributed by atoms with Crippen molar-refractivity contribution in [2.24, 2.45) is 7.05 Å². The molecule has 4 rings (SSSR count). The number of hydrogen-bond acceptors (Lipinski definition) is 3. The van der Waals surface area contributed by atoms with Gasteiger partial charge >= 0.3 is 0 Å². The highest BCUT2D eigenvalue weighted by molar-refractivity contribution is 7.86. The summed E-state index contributed by atoms with van der Waals surface area (Å²) in [5.41, 5.74) is 7.59. The van der Waals surface area contributed by atoms with Gasteiger partial charge < -0.3 is 4.90 Å². The van der Waals surface area contributed by atoms with Crippen LogP contribution in [0.1, 0.15) is 22.5 Å². The van der Waals surface area contributed by atoms with Crippen molar-refractivity contribution in [1.29, 1.82) is 0 Å². The van der Waals surface area contributed by atoms with E-state index in [0.717, 1.165) is 52.5 Å². The lowest BCUT2D eigenvalue weighted by Crippen LogP contribution is -2.10. The van der Waals surface area contributed by atoms with E-state index in [9.17, 15) is 4.21 Å². The first kappa shape index (κ1) is 23.9. The van der Waals surface area contributed by atoms with Crippen LogP contribution in [0.15, 0.2) is 83.8 Å². The summed E-state index contributed by atoms with van der Waals surface area (Å²) in [5, 5.41) is 4.67. The number of nitrogens with one attached hydrogen (secondary N) is 1. The number of rotatable bonds is 9. The molecule has 5 nitrogen and oxygen atoms in total. The van der Waals surface area contributed by atoms with Gasteiger partial charge in [-0.25, -0.2) is 4.21 Å². The van der Waals surface area contributed by atoms with E-state index in [4.69, 9.17) is 0 Å². The summed E-state index contributed by atoms with van der Waals surface area (Å²) in [6.45, 7) is 2.90. The predicted molar refractivity (Wildman–Crippen MR) is 141 cm³/mol. The third-order valence-electron chi connectivity index (χ3n) is 5.92. The van der Waals surface area contributed by atoms with Crippen LogP contribution in [0.5, 0.6) is 0 Å². The molecule has 1 unspecified atom stereocenters. The number of nitrogens with zero attached hydrogens (tertiary/aromatic N) is 3. The second-order valence-electron chi connectivity index (χ2n) is 8.85. The van der Waals surface area contributed by atoms with E-state index in [-0.39, 0.29) is 0 Å². The Hall–Kier alpha value is -3.22. The monoisotopic (exact) mass is 472 g/mol. The van der Waals surface area contributed by atoms with Crippen LogP contribution in [0.4, 0.5) is 5.69 Å². The fraction of sp³-hybridized carbons (Fsp3) is 0.250. The van der Waals surface area contributed by atoms with Crippen molar-refractivity contribution in [3.05, 3.63) is 101 Å². The first-order valence-corrected chi connectivity index (χ1v) is 12.6. The van der Waals surface area contributed by atoms with Crippen LogP contribution in [0.2, 0.25) is 0 Å². The minimum atomic E-state index is -1.38. The fourth-order valence-corrected chi connectivity index (χ4v) is 4.98. The summed E-state index contributed by atoms with van der Waals surface area (Å²) >= 11 is 0. The molecule has 3 aromatic carbocycles. The van der Waals surface area contributed by atoms with E-state index in [1.807, 2.05) is 49.0 Å². The maximum Gasteiger partial charge on any atom is 0.150 e. The second kappa shape index (κ2) is 10.8. The maximum atomic E-state index is 13.2. The Morgan fingerprint density at radius 2 is 1.59 bits per heavy atom. The van der Waals surface area contributed by atoms with Gasteiger partial charge in [-0.1, -0.05) is 60.7 Å². The summed E-state index contributed by atoms with van der Waals surface area (Å²) in [6.07, 6.45) is 1.67. The molecule has 0 saturated heterocycles. The standard InChI is InChI=1S/C28H32N4OS/c1-21-28(27(29-32(21)4)18-13-22-9-6-5-7-10-22)30-34(33)26-16-14-24(15-17-26)25-12-8-11-23(19-25)20-31(2)3/h5-12,14-17,19,30H,13,18,20H2,1-4H3. The van der Waals surface area contributed by atoms with Gasteiger partial charge in [0.15, 0.2) is 0 Å². The minimum absolute atomic E-state index is 0.741. The van der Waals surface area contributed by atoms with Crippen LogP contribution in [-0.4, -0.2) is 33.0 Å². The topological polar surface area (TPSA) is 50.2 Å². The molecule has 34 heavy (non-hydrogen) atoms. The summed E-state index contributed by atoms with van der Waals surface area (Å²) in [6, 6.07) is 26.9. The van der Waals surface area contributed by atoms with Crippen LogP contribution in [0.25, 0.3) is 11.1 Å². The quantitative estimate of drug-likeness (QED) is 0.356. The average Bonchev–Trinajstić information content (AvgIpc) is 3.11. The van der Waals surface area contributed by atoms with E-state index >= 15 is 0 Å². The van der Waals surface area contributed by atoms with Crippen molar-refractivity contribution in [2.75, 3.05) is 18.8 Å². The Labute approximate surface area is 205 Å². The van der Waals surface area contributed by atoms with Crippen LogP contribution in [-0.2, 0) is 37.4 Å². The SMILES string of the molecule is Cc1c(NS(=O)c2ccc(-c3cccc(CN(C)C)c3)cc2)c(CCc2ccccc2)nn1C. The first-order valence-electron chi connectivity index (χ1n) is 11.5. The lowest BCUT2D eigenvalue weighted by molar-refractivity contribution is 0.402. The molecule has 0 fully saturated rings. The highest BCUT2D eigenvalue weighted by atomic mass is 32.2. The number of aromatic nitrogens is 2. The summed E-state index contributed by atoms with van der Waals surface area (Å²) in [5.74, 6) is 0. The van der Waals surface area contributed by atoms with E-state index in [1.54, 1.807) is 0 Å². The Kier molecular flexibility index (Phi) is 7.60. The zero-order valence-electron chi connectivity index (χ0n) is 20.3. The van der Waals surface area contributed by atoms with Gasteiger partial charge in [-0.2, -0.15) is 5.10 Å². The molecule has 1 heterocycles. The average molecular weight is 473 g/mol. The summed E-state index contributed by atoms with van der Waals surface area (Å²) in [4.78, 5) is 2.90. The zero-order chi connectivity index (χ0) is 24.1. The smallest absolute Gasteiger partial charge is 0.150 e. The van der Waals surface area contributed by atoms with Gasteiger partial charge in [0.2, 0.25) is 0 Å². The van der Waals surface area contributed by atoms with Crippen LogP contribution < -0.4 is 4.72 Å². The van der Waals surface area contributed by atoms with Crippen molar-refractivity contribution in [3.63, 3.8) is 0 Å². The van der Waals surface area contributed by atoms with Crippen molar-refractivity contribution < 1.29 is 4.21 Å². The van der Waals surface area contributed by atoms with Gasteiger partial charge in [-0.05, 0) is 74.3 Å². The molecule has 1 N–H and O–H groups in total. The molecule has 0 spiro atoms. The molecule has 176 valence electrons. The first-order chi connectivity index (χ1) is 16.4. The molecule has 0 radical (unpaired) electrons. The maximum absolute atomic E-state index is 13.2. The van der Waals surface area contributed by atoms with Gasteiger partial charge in [0.05, 0.1) is 22.0 Å². The summed E-state index contributed by atoms with van der Waals surface area (Å²) in [7, 11) is 4.69. The Balaban J connectivity index is 1.48. The zero-order valence-corrected chi connectivity index (χ0v) is 21.1.